The smallest absolute Gasteiger partial charge is 0.289 e. The summed E-state index contributed by atoms with van der Waals surface area (Å²) in [5, 5.41) is 14.0. The Morgan fingerprint density at radius 1 is 1.29 bits per heavy atom. The van der Waals surface area contributed by atoms with Crippen LogP contribution in [-0.2, 0) is 0 Å². The summed E-state index contributed by atoms with van der Waals surface area (Å²) in [6.45, 7) is 1.36. The first-order chi connectivity index (χ1) is 11.5. The number of hydrogen-bond acceptors (Lipinski definition) is 6. The fourth-order valence-corrected chi connectivity index (χ4v) is 3.75. The summed E-state index contributed by atoms with van der Waals surface area (Å²) in [6.07, 6.45) is 3.01. The van der Waals surface area contributed by atoms with Gasteiger partial charge >= 0.3 is 0 Å². The van der Waals surface area contributed by atoms with Crippen LogP contribution in [0, 0.1) is 10.1 Å². The van der Waals surface area contributed by atoms with E-state index in [1.165, 1.54) is 19.2 Å². The molecule has 0 spiro atoms. The van der Waals surface area contributed by atoms with E-state index in [1.54, 1.807) is 4.90 Å². The fraction of sp³-hybridized carbons (Fsp3) is 0.400. The second-order valence-corrected chi connectivity index (χ2v) is 6.55. The van der Waals surface area contributed by atoms with Crippen molar-refractivity contribution in [2.45, 2.75) is 19.3 Å². The summed E-state index contributed by atoms with van der Waals surface area (Å²) in [6, 6.07) is 2.69. The Labute approximate surface area is 141 Å². The SMILES string of the molecule is CNC(=O)c1cc([N+](=O)[O-])c2sc(C(=O)N3CCCCC3)nc2c1. The lowest BCUT2D eigenvalue weighted by molar-refractivity contribution is -0.382. The van der Waals surface area contributed by atoms with Crippen molar-refractivity contribution in [3.05, 3.63) is 32.8 Å². The topological polar surface area (TPSA) is 105 Å². The number of likely N-dealkylation sites (tertiary alicyclic amines) is 1. The van der Waals surface area contributed by atoms with Crippen LogP contribution in [0.5, 0.6) is 0 Å². The molecule has 0 saturated carbocycles. The van der Waals surface area contributed by atoms with E-state index in [-0.39, 0.29) is 22.2 Å². The van der Waals surface area contributed by atoms with Gasteiger partial charge in [0.2, 0.25) is 0 Å². The average molecular weight is 348 g/mol. The first-order valence-corrected chi connectivity index (χ1v) is 8.43. The fourth-order valence-electron chi connectivity index (χ4n) is 2.75. The van der Waals surface area contributed by atoms with Crippen molar-refractivity contribution >= 4 is 39.1 Å². The zero-order chi connectivity index (χ0) is 17.3. The molecule has 0 radical (unpaired) electrons. The Bertz CT molecular complexity index is 826. The standard InChI is InChI=1S/C15H16N4O4S/c1-16-13(20)9-7-10-12(11(8-9)19(22)23)24-14(17-10)15(21)18-5-3-2-4-6-18/h7-8H,2-6H2,1H3,(H,16,20). The van der Waals surface area contributed by atoms with Crippen molar-refractivity contribution in [2.24, 2.45) is 0 Å². The number of fused-ring (bicyclic) bond motifs is 1. The molecule has 1 saturated heterocycles. The minimum absolute atomic E-state index is 0.152. The lowest BCUT2D eigenvalue weighted by Crippen LogP contribution is -2.35. The number of nitrogens with zero attached hydrogens (tertiary/aromatic N) is 3. The third kappa shape index (κ3) is 2.94. The predicted octanol–water partition coefficient (Wildman–Crippen LogP) is 2.19. The van der Waals surface area contributed by atoms with Gasteiger partial charge in [-0.2, -0.15) is 0 Å². The Balaban J connectivity index is 2.05. The number of benzene rings is 1. The largest absolute Gasteiger partial charge is 0.355 e. The van der Waals surface area contributed by atoms with Gasteiger partial charge in [-0.05, 0) is 25.3 Å². The Kier molecular flexibility index (Phi) is 4.43. The van der Waals surface area contributed by atoms with Crippen molar-refractivity contribution in [1.82, 2.24) is 15.2 Å². The van der Waals surface area contributed by atoms with E-state index < -0.39 is 10.8 Å². The molecular formula is C15H16N4O4S. The first-order valence-electron chi connectivity index (χ1n) is 7.61. The quantitative estimate of drug-likeness (QED) is 0.676. The normalized spacial score (nSPS) is 14.6. The highest BCUT2D eigenvalue weighted by Crippen LogP contribution is 2.33. The molecule has 9 heteroatoms. The number of nitro groups is 1. The third-order valence-electron chi connectivity index (χ3n) is 3.98. The van der Waals surface area contributed by atoms with E-state index in [0.29, 0.717) is 23.3 Å². The molecule has 1 fully saturated rings. The average Bonchev–Trinajstić information content (AvgIpc) is 3.04. The second kappa shape index (κ2) is 6.52. The lowest BCUT2D eigenvalue weighted by atomic mass is 10.1. The maximum atomic E-state index is 12.6. The molecule has 126 valence electrons. The summed E-state index contributed by atoms with van der Waals surface area (Å²) in [5.74, 6) is -0.636. The number of nitrogens with one attached hydrogen (secondary N) is 1. The molecule has 0 aliphatic carbocycles. The molecule has 0 unspecified atom stereocenters. The highest BCUT2D eigenvalue weighted by atomic mass is 32.1. The summed E-state index contributed by atoms with van der Waals surface area (Å²) < 4.78 is 0.313. The molecule has 1 aliphatic heterocycles. The Morgan fingerprint density at radius 2 is 2.00 bits per heavy atom. The van der Waals surface area contributed by atoms with Gasteiger partial charge in [0.25, 0.3) is 17.5 Å². The monoisotopic (exact) mass is 348 g/mol. The molecule has 0 atom stereocenters. The van der Waals surface area contributed by atoms with Crippen LogP contribution < -0.4 is 5.32 Å². The van der Waals surface area contributed by atoms with Crippen LogP contribution in [0.15, 0.2) is 12.1 Å². The number of piperidine rings is 1. The van der Waals surface area contributed by atoms with E-state index in [1.807, 2.05) is 0 Å². The number of aromatic nitrogens is 1. The summed E-state index contributed by atoms with van der Waals surface area (Å²) in [4.78, 5) is 41.1. The van der Waals surface area contributed by atoms with Crippen molar-refractivity contribution in [3.8, 4) is 0 Å². The maximum absolute atomic E-state index is 12.6. The Morgan fingerprint density at radius 3 is 2.62 bits per heavy atom. The molecule has 2 amide bonds. The Hall–Kier alpha value is -2.55. The van der Waals surface area contributed by atoms with Gasteiger partial charge < -0.3 is 10.2 Å². The van der Waals surface area contributed by atoms with Crippen molar-refractivity contribution in [1.29, 1.82) is 0 Å². The summed E-state index contributed by atoms with van der Waals surface area (Å²) >= 11 is 1.01. The minimum Gasteiger partial charge on any atom is -0.355 e. The summed E-state index contributed by atoms with van der Waals surface area (Å²) in [5.41, 5.74) is 0.244. The predicted molar refractivity (Wildman–Crippen MR) is 89.4 cm³/mol. The van der Waals surface area contributed by atoms with Crippen molar-refractivity contribution in [2.75, 3.05) is 20.1 Å². The van der Waals surface area contributed by atoms with Crippen LogP contribution in [0.4, 0.5) is 5.69 Å². The molecule has 2 heterocycles. The summed E-state index contributed by atoms with van der Waals surface area (Å²) in [7, 11) is 1.45. The molecule has 0 bridgehead atoms. The van der Waals surface area contributed by atoms with Gasteiger partial charge in [0.1, 0.15) is 4.70 Å². The molecule has 8 nitrogen and oxygen atoms in total. The van der Waals surface area contributed by atoms with E-state index in [4.69, 9.17) is 0 Å². The zero-order valence-corrected chi connectivity index (χ0v) is 13.9. The molecule has 1 aromatic carbocycles. The number of carbonyl (C=O) groups excluding carboxylic acids is 2. The molecular weight excluding hydrogens is 332 g/mol. The van der Waals surface area contributed by atoms with Crippen LogP contribution >= 0.6 is 11.3 Å². The van der Waals surface area contributed by atoms with Crippen LogP contribution in [-0.4, -0.2) is 46.8 Å². The number of thiazole rings is 1. The zero-order valence-electron chi connectivity index (χ0n) is 13.1. The van der Waals surface area contributed by atoms with Crippen molar-refractivity contribution in [3.63, 3.8) is 0 Å². The number of carbonyl (C=O) groups is 2. The van der Waals surface area contributed by atoms with E-state index in [2.05, 4.69) is 10.3 Å². The number of nitro benzene ring substituents is 1. The third-order valence-corrected chi connectivity index (χ3v) is 5.06. The first kappa shape index (κ1) is 16.3. The van der Waals surface area contributed by atoms with Crippen LogP contribution in [0.2, 0.25) is 0 Å². The van der Waals surface area contributed by atoms with E-state index >= 15 is 0 Å². The van der Waals surface area contributed by atoms with Gasteiger partial charge in [-0.15, -0.1) is 11.3 Å². The van der Waals surface area contributed by atoms with Gasteiger partial charge in [-0.25, -0.2) is 4.98 Å². The number of rotatable bonds is 3. The molecule has 1 N–H and O–H groups in total. The molecule has 1 aliphatic rings. The number of non-ortho nitro benzene ring substituents is 1. The molecule has 3 rings (SSSR count). The molecule has 2 aromatic rings. The van der Waals surface area contributed by atoms with Gasteiger partial charge in [-0.1, -0.05) is 0 Å². The number of hydrogen-bond donors (Lipinski definition) is 1. The maximum Gasteiger partial charge on any atom is 0.289 e. The molecule has 1 aromatic heterocycles. The van der Waals surface area contributed by atoms with Gasteiger partial charge in [0, 0.05) is 31.8 Å². The van der Waals surface area contributed by atoms with Gasteiger partial charge in [0.05, 0.1) is 10.4 Å². The minimum atomic E-state index is -0.553. The lowest BCUT2D eigenvalue weighted by Gasteiger charge is -2.25. The van der Waals surface area contributed by atoms with Gasteiger partial charge in [-0.3, -0.25) is 19.7 Å². The second-order valence-electron chi connectivity index (χ2n) is 5.55. The van der Waals surface area contributed by atoms with E-state index in [0.717, 1.165) is 30.6 Å². The van der Waals surface area contributed by atoms with Crippen LogP contribution in [0.3, 0.4) is 0 Å². The highest BCUT2D eigenvalue weighted by Gasteiger charge is 2.25. The molecule has 24 heavy (non-hydrogen) atoms. The van der Waals surface area contributed by atoms with Crippen LogP contribution in [0.1, 0.15) is 39.4 Å². The van der Waals surface area contributed by atoms with Gasteiger partial charge in [0.15, 0.2) is 5.01 Å². The van der Waals surface area contributed by atoms with E-state index in [9.17, 15) is 19.7 Å². The highest BCUT2D eigenvalue weighted by molar-refractivity contribution is 7.20. The number of amides is 2. The van der Waals surface area contributed by atoms with Crippen LogP contribution in [0.25, 0.3) is 10.2 Å². The van der Waals surface area contributed by atoms with Crippen molar-refractivity contribution < 1.29 is 14.5 Å².